The monoisotopic (exact) mass is 385 g/mol. The average Bonchev–Trinajstić information content (AvgIpc) is 2.77. The summed E-state index contributed by atoms with van der Waals surface area (Å²) in [4.78, 5) is 0. The first-order valence-electron chi connectivity index (χ1n) is 6.37. The van der Waals surface area contributed by atoms with Crippen LogP contribution in [-0.2, 0) is 6.54 Å². The van der Waals surface area contributed by atoms with E-state index >= 15 is 0 Å². The van der Waals surface area contributed by atoms with Gasteiger partial charge in [0.15, 0.2) is 0 Å². The molecule has 3 nitrogen and oxygen atoms in total. The molecule has 0 radical (unpaired) electrons. The quantitative estimate of drug-likeness (QED) is 0.837. The number of aryl methyl sites for hydroxylation is 1. The molecule has 2 aromatic rings. The van der Waals surface area contributed by atoms with E-state index in [1.54, 1.807) is 0 Å². The van der Waals surface area contributed by atoms with Gasteiger partial charge in [-0.25, -0.2) is 0 Å². The van der Waals surface area contributed by atoms with E-state index in [0.29, 0.717) is 0 Å². The highest BCUT2D eigenvalue weighted by Crippen LogP contribution is 2.29. The molecule has 0 aliphatic heterocycles. The Morgan fingerprint density at radius 3 is 2.74 bits per heavy atom. The maximum absolute atomic E-state index is 4.40. The molecule has 2 rings (SSSR count). The molecule has 0 saturated carbocycles. The summed E-state index contributed by atoms with van der Waals surface area (Å²) in [5.41, 5.74) is 2.40. The largest absolute Gasteiger partial charge is 0.305 e. The summed E-state index contributed by atoms with van der Waals surface area (Å²) in [6.07, 6.45) is 1.86. The van der Waals surface area contributed by atoms with E-state index in [-0.39, 0.29) is 6.04 Å². The lowest BCUT2D eigenvalue weighted by molar-refractivity contribution is 0.540. The lowest BCUT2D eigenvalue weighted by Gasteiger charge is -2.20. The van der Waals surface area contributed by atoms with Gasteiger partial charge in [-0.3, -0.25) is 4.68 Å². The second-order valence-corrected chi connectivity index (χ2v) is 6.01. The van der Waals surface area contributed by atoms with E-state index in [1.165, 1.54) is 11.3 Å². The maximum atomic E-state index is 4.40. The first-order chi connectivity index (χ1) is 9.17. The summed E-state index contributed by atoms with van der Waals surface area (Å²) >= 11 is 7.15. The number of benzene rings is 1. The molecule has 0 bridgehead atoms. The van der Waals surface area contributed by atoms with Gasteiger partial charge in [0.2, 0.25) is 0 Å². The van der Waals surface area contributed by atoms with Crippen molar-refractivity contribution in [3.63, 3.8) is 0 Å². The topological polar surface area (TPSA) is 29.9 Å². The summed E-state index contributed by atoms with van der Waals surface area (Å²) in [7, 11) is 0. The van der Waals surface area contributed by atoms with E-state index in [1.807, 2.05) is 16.9 Å². The van der Waals surface area contributed by atoms with Crippen molar-refractivity contribution in [1.82, 2.24) is 15.1 Å². The molecule has 0 spiro atoms. The second kappa shape index (κ2) is 6.68. The summed E-state index contributed by atoms with van der Waals surface area (Å²) in [6.45, 7) is 5.98. The number of aromatic nitrogens is 2. The molecule has 0 amide bonds. The van der Waals surface area contributed by atoms with Crippen molar-refractivity contribution in [2.24, 2.45) is 0 Å². The maximum Gasteiger partial charge on any atom is 0.0760 e. The standard InChI is InChI=1S/C14H17Br2N3/c1-3-17-13(10-6-5-7-11(15)8-10)14-12(16)9-18-19(14)4-2/h5-9,13,17H,3-4H2,1-2H3. The molecule has 0 fully saturated rings. The molecule has 1 heterocycles. The Kier molecular flexibility index (Phi) is 5.19. The molecular weight excluding hydrogens is 370 g/mol. The third-order valence-electron chi connectivity index (χ3n) is 3.00. The minimum absolute atomic E-state index is 0.138. The first-order valence-corrected chi connectivity index (χ1v) is 7.96. The van der Waals surface area contributed by atoms with Crippen molar-refractivity contribution < 1.29 is 0 Å². The molecule has 1 aromatic carbocycles. The highest BCUT2D eigenvalue weighted by atomic mass is 79.9. The molecule has 1 unspecified atom stereocenters. The Labute approximate surface area is 130 Å². The van der Waals surface area contributed by atoms with Crippen LogP contribution in [0.2, 0.25) is 0 Å². The molecule has 1 aromatic heterocycles. The zero-order chi connectivity index (χ0) is 13.8. The van der Waals surface area contributed by atoms with Crippen molar-refractivity contribution >= 4 is 31.9 Å². The summed E-state index contributed by atoms with van der Waals surface area (Å²) in [5.74, 6) is 0. The van der Waals surface area contributed by atoms with Crippen LogP contribution in [0.4, 0.5) is 0 Å². The fourth-order valence-corrected chi connectivity index (χ4v) is 3.12. The highest BCUT2D eigenvalue weighted by Gasteiger charge is 2.20. The van der Waals surface area contributed by atoms with E-state index in [9.17, 15) is 0 Å². The number of hydrogen-bond acceptors (Lipinski definition) is 2. The average molecular weight is 387 g/mol. The van der Waals surface area contributed by atoms with Crippen molar-refractivity contribution in [3.05, 3.63) is 50.7 Å². The second-order valence-electron chi connectivity index (χ2n) is 4.24. The van der Waals surface area contributed by atoms with Crippen LogP contribution < -0.4 is 5.32 Å². The van der Waals surface area contributed by atoms with Crippen molar-refractivity contribution in [2.45, 2.75) is 26.4 Å². The van der Waals surface area contributed by atoms with Gasteiger partial charge in [-0.2, -0.15) is 5.10 Å². The third-order valence-corrected chi connectivity index (χ3v) is 4.10. The van der Waals surface area contributed by atoms with Crippen LogP contribution >= 0.6 is 31.9 Å². The first kappa shape index (κ1) is 14.8. The van der Waals surface area contributed by atoms with Gasteiger partial charge in [-0.05, 0) is 47.1 Å². The van der Waals surface area contributed by atoms with Crippen LogP contribution in [0.5, 0.6) is 0 Å². The lowest BCUT2D eigenvalue weighted by atomic mass is 10.0. The van der Waals surface area contributed by atoms with E-state index < -0.39 is 0 Å². The van der Waals surface area contributed by atoms with Crippen molar-refractivity contribution in [2.75, 3.05) is 6.54 Å². The molecule has 1 N–H and O–H groups in total. The minimum Gasteiger partial charge on any atom is -0.305 e. The van der Waals surface area contributed by atoms with Crippen LogP contribution in [-0.4, -0.2) is 16.3 Å². The Morgan fingerprint density at radius 2 is 2.11 bits per heavy atom. The fraction of sp³-hybridized carbons (Fsp3) is 0.357. The summed E-state index contributed by atoms with van der Waals surface area (Å²) < 4.78 is 4.16. The molecular formula is C14H17Br2N3. The smallest absolute Gasteiger partial charge is 0.0760 e. The van der Waals surface area contributed by atoms with Gasteiger partial charge in [-0.1, -0.05) is 35.0 Å². The van der Waals surface area contributed by atoms with Gasteiger partial charge < -0.3 is 5.32 Å². The lowest BCUT2D eigenvalue weighted by Crippen LogP contribution is -2.25. The van der Waals surface area contributed by atoms with E-state index in [0.717, 1.165) is 22.0 Å². The minimum atomic E-state index is 0.138. The molecule has 102 valence electrons. The Bertz CT molecular complexity index is 551. The Balaban J connectivity index is 2.48. The van der Waals surface area contributed by atoms with Crippen molar-refractivity contribution in [3.8, 4) is 0 Å². The third kappa shape index (κ3) is 3.27. The highest BCUT2D eigenvalue weighted by molar-refractivity contribution is 9.10. The van der Waals surface area contributed by atoms with Crippen molar-refractivity contribution in [1.29, 1.82) is 0 Å². The SMILES string of the molecule is CCNC(c1cccc(Br)c1)c1c(Br)cnn1CC. The Hall–Kier alpha value is -0.650. The predicted octanol–water partition coefficient (Wildman–Crippen LogP) is 4.13. The zero-order valence-electron chi connectivity index (χ0n) is 11.0. The van der Waals surface area contributed by atoms with Gasteiger partial charge in [0, 0.05) is 11.0 Å². The van der Waals surface area contributed by atoms with Crippen LogP contribution in [0.15, 0.2) is 39.4 Å². The number of hydrogen-bond donors (Lipinski definition) is 1. The number of rotatable bonds is 5. The molecule has 5 heteroatoms. The van der Waals surface area contributed by atoms with E-state index in [4.69, 9.17) is 0 Å². The van der Waals surface area contributed by atoms with Crippen LogP contribution in [0.3, 0.4) is 0 Å². The molecule has 1 atom stereocenters. The van der Waals surface area contributed by atoms with Gasteiger partial charge in [0.25, 0.3) is 0 Å². The molecule has 0 aliphatic rings. The van der Waals surface area contributed by atoms with Gasteiger partial charge in [0.05, 0.1) is 22.4 Å². The summed E-state index contributed by atoms with van der Waals surface area (Å²) in [5, 5.41) is 7.94. The van der Waals surface area contributed by atoms with Gasteiger partial charge in [0.1, 0.15) is 0 Å². The van der Waals surface area contributed by atoms with Crippen LogP contribution in [0, 0.1) is 0 Å². The number of halogens is 2. The van der Waals surface area contributed by atoms with Crippen LogP contribution in [0.1, 0.15) is 31.1 Å². The number of nitrogens with one attached hydrogen (secondary N) is 1. The fourth-order valence-electron chi connectivity index (χ4n) is 2.17. The van der Waals surface area contributed by atoms with Gasteiger partial charge in [-0.15, -0.1) is 0 Å². The molecule has 0 aliphatic carbocycles. The molecule has 19 heavy (non-hydrogen) atoms. The predicted molar refractivity (Wildman–Crippen MR) is 85.3 cm³/mol. The number of nitrogens with zero attached hydrogens (tertiary/aromatic N) is 2. The summed E-state index contributed by atoms with van der Waals surface area (Å²) in [6, 6.07) is 8.52. The zero-order valence-corrected chi connectivity index (χ0v) is 14.2. The van der Waals surface area contributed by atoms with Gasteiger partial charge >= 0.3 is 0 Å². The van der Waals surface area contributed by atoms with E-state index in [2.05, 4.69) is 74.3 Å². The molecule has 0 saturated heterocycles. The normalized spacial score (nSPS) is 12.6. The van der Waals surface area contributed by atoms with Crippen LogP contribution in [0.25, 0.3) is 0 Å². The Morgan fingerprint density at radius 1 is 1.32 bits per heavy atom.